The molecular weight excluding hydrogens is 362 g/mol. The summed E-state index contributed by atoms with van der Waals surface area (Å²) in [5.74, 6) is -0.329. The maximum Gasteiger partial charge on any atom is 0.261 e. The van der Waals surface area contributed by atoms with Gasteiger partial charge in [-0.15, -0.1) is 11.3 Å². The number of carbonyl (C=O) groups is 1. The molecule has 8 heteroatoms. The molecule has 3 aromatic heterocycles. The number of anilines is 1. The van der Waals surface area contributed by atoms with Crippen molar-refractivity contribution in [1.29, 1.82) is 0 Å². The molecule has 27 heavy (non-hydrogen) atoms. The molecule has 0 spiro atoms. The standard InChI is InChI=1S/C19H15N5O2S/c1-12(24-11-21-15-5-3-2-4-14(15)18(24)26)17(25)23-19-22-16(10-27-19)13-6-8-20-9-7-13/h2-12H,1H3,(H,22,23,25). The van der Waals surface area contributed by atoms with Gasteiger partial charge >= 0.3 is 0 Å². The first-order valence-corrected chi connectivity index (χ1v) is 9.14. The van der Waals surface area contributed by atoms with Crippen LogP contribution in [0.15, 0.2) is 65.3 Å². The number of fused-ring (bicyclic) bond motifs is 1. The van der Waals surface area contributed by atoms with Gasteiger partial charge in [0.2, 0.25) is 5.91 Å². The van der Waals surface area contributed by atoms with E-state index >= 15 is 0 Å². The summed E-state index contributed by atoms with van der Waals surface area (Å²) in [5.41, 5.74) is 2.03. The maximum absolute atomic E-state index is 12.6. The first-order chi connectivity index (χ1) is 13.1. The van der Waals surface area contributed by atoms with Crippen LogP contribution in [0.3, 0.4) is 0 Å². The van der Waals surface area contributed by atoms with E-state index < -0.39 is 6.04 Å². The molecule has 1 amide bonds. The summed E-state index contributed by atoms with van der Waals surface area (Å²) in [6.45, 7) is 1.66. The number of benzene rings is 1. The lowest BCUT2D eigenvalue weighted by atomic mass is 10.2. The van der Waals surface area contributed by atoms with Crippen molar-refractivity contribution in [2.24, 2.45) is 0 Å². The molecule has 4 aromatic rings. The molecule has 0 aliphatic heterocycles. The maximum atomic E-state index is 12.6. The Labute approximate surface area is 158 Å². The molecule has 0 aliphatic carbocycles. The van der Waals surface area contributed by atoms with Crippen LogP contribution < -0.4 is 10.9 Å². The number of nitrogens with zero attached hydrogens (tertiary/aromatic N) is 4. The molecule has 0 saturated carbocycles. The molecule has 4 rings (SSSR count). The fourth-order valence-corrected chi connectivity index (χ4v) is 3.40. The van der Waals surface area contributed by atoms with Gasteiger partial charge in [-0.05, 0) is 31.2 Å². The summed E-state index contributed by atoms with van der Waals surface area (Å²) in [7, 11) is 0. The molecule has 134 valence electrons. The Bertz CT molecular complexity index is 1170. The van der Waals surface area contributed by atoms with Gasteiger partial charge in [-0.1, -0.05) is 12.1 Å². The third kappa shape index (κ3) is 3.34. The van der Waals surface area contributed by atoms with Crippen LogP contribution in [0.5, 0.6) is 0 Å². The predicted molar refractivity (Wildman–Crippen MR) is 105 cm³/mol. The Morgan fingerprint density at radius 1 is 1.19 bits per heavy atom. The largest absolute Gasteiger partial charge is 0.300 e. The topological polar surface area (TPSA) is 89.8 Å². The van der Waals surface area contributed by atoms with Crippen molar-refractivity contribution in [3.8, 4) is 11.3 Å². The molecule has 1 N–H and O–H groups in total. The lowest BCUT2D eigenvalue weighted by molar-refractivity contribution is -0.118. The molecule has 7 nitrogen and oxygen atoms in total. The predicted octanol–water partition coefficient (Wildman–Crippen LogP) is 3.11. The van der Waals surface area contributed by atoms with E-state index in [9.17, 15) is 9.59 Å². The lowest BCUT2D eigenvalue weighted by Crippen LogP contribution is -2.31. The third-order valence-electron chi connectivity index (χ3n) is 4.20. The molecule has 0 bridgehead atoms. The van der Waals surface area contributed by atoms with Crippen molar-refractivity contribution < 1.29 is 4.79 Å². The zero-order valence-electron chi connectivity index (χ0n) is 14.4. The van der Waals surface area contributed by atoms with E-state index in [-0.39, 0.29) is 11.5 Å². The number of hydrogen-bond acceptors (Lipinski definition) is 6. The normalized spacial score (nSPS) is 12.0. The first-order valence-electron chi connectivity index (χ1n) is 8.26. The van der Waals surface area contributed by atoms with Crippen molar-refractivity contribution in [3.05, 3.63) is 70.9 Å². The molecule has 3 heterocycles. The molecule has 0 saturated heterocycles. The van der Waals surface area contributed by atoms with Crippen LogP contribution in [0.4, 0.5) is 5.13 Å². The molecule has 0 aliphatic rings. The highest BCUT2D eigenvalue weighted by Gasteiger charge is 2.19. The summed E-state index contributed by atoms with van der Waals surface area (Å²) in [6.07, 6.45) is 4.78. The number of nitrogens with one attached hydrogen (secondary N) is 1. The van der Waals surface area contributed by atoms with Crippen LogP contribution >= 0.6 is 11.3 Å². The van der Waals surface area contributed by atoms with Crippen LogP contribution in [-0.2, 0) is 4.79 Å². The van der Waals surface area contributed by atoms with E-state index in [1.165, 1.54) is 22.2 Å². The number of thiazole rings is 1. The zero-order chi connectivity index (χ0) is 18.8. The quantitative estimate of drug-likeness (QED) is 0.590. The van der Waals surface area contributed by atoms with E-state index in [4.69, 9.17) is 0 Å². The van der Waals surface area contributed by atoms with Crippen LogP contribution in [0.25, 0.3) is 22.2 Å². The third-order valence-corrected chi connectivity index (χ3v) is 4.96. The minimum absolute atomic E-state index is 0.250. The minimum atomic E-state index is -0.720. The fourth-order valence-electron chi connectivity index (χ4n) is 2.68. The second kappa shape index (κ2) is 7.08. The van der Waals surface area contributed by atoms with Crippen LogP contribution in [0.1, 0.15) is 13.0 Å². The Hall–Kier alpha value is -3.39. The van der Waals surface area contributed by atoms with Gasteiger partial charge in [-0.2, -0.15) is 0 Å². The van der Waals surface area contributed by atoms with Crippen molar-refractivity contribution >= 4 is 33.3 Å². The summed E-state index contributed by atoms with van der Waals surface area (Å²) < 4.78 is 1.33. The second-order valence-electron chi connectivity index (χ2n) is 5.91. The van der Waals surface area contributed by atoms with E-state index in [2.05, 4.69) is 20.3 Å². The molecule has 1 atom stereocenters. The second-order valence-corrected chi connectivity index (χ2v) is 6.77. The van der Waals surface area contributed by atoms with Gasteiger partial charge in [0, 0.05) is 23.3 Å². The molecular formula is C19H15N5O2S. The Morgan fingerprint density at radius 2 is 1.96 bits per heavy atom. The number of pyridine rings is 1. The van der Waals surface area contributed by atoms with Crippen molar-refractivity contribution in [2.75, 3.05) is 5.32 Å². The summed E-state index contributed by atoms with van der Waals surface area (Å²) in [5, 5.41) is 5.58. The van der Waals surface area contributed by atoms with Crippen molar-refractivity contribution in [2.45, 2.75) is 13.0 Å². The Morgan fingerprint density at radius 3 is 2.78 bits per heavy atom. The van der Waals surface area contributed by atoms with Gasteiger partial charge in [-0.25, -0.2) is 9.97 Å². The van der Waals surface area contributed by atoms with E-state index in [0.29, 0.717) is 16.0 Å². The van der Waals surface area contributed by atoms with Crippen LogP contribution in [-0.4, -0.2) is 25.4 Å². The number of aromatic nitrogens is 4. The van der Waals surface area contributed by atoms with Crippen molar-refractivity contribution in [1.82, 2.24) is 19.5 Å². The van der Waals surface area contributed by atoms with E-state index in [1.807, 2.05) is 23.6 Å². The van der Waals surface area contributed by atoms with Gasteiger partial charge in [0.1, 0.15) is 6.04 Å². The number of rotatable bonds is 4. The SMILES string of the molecule is CC(C(=O)Nc1nc(-c2ccncc2)cs1)n1cnc2ccccc2c1=O. The number of amides is 1. The first kappa shape index (κ1) is 17.0. The highest BCUT2D eigenvalue weighted by Crippen LogP contribution is 2.24. The zero-order valence-corrected chi connectivity index (χ0v) is 15.2. The van der Waals surface area contributed by atoms with E-state index in [1.54, 1.807) is 37.5 Å². The van der Waals surface area contributed by atoms with Gasteiger partial charge in [0.25, 0.3) is 5.56 Å². The number of carbonyl (C=O) groups excluding carboxylic acids is 1. The van der Waals surface area contributed by atoms with E-state index in [0.717, 1.165) is 11.3 Å². The number of hydrogen-bond donors (Lipinski definition) is 1. The highest BCUT2D eigenvalue weighted by atomic mass is 32.1. The molecule has 0 fully saturated rings. The van der Waals surface area contributed by atoms with Gasteiger partial charge in [-0.3, -0.25) is 19.1 Å². The Balaban J connectivity index is 1.56. The monoisotopic (exact) mass is 377 g/mol. The van der Waals surface area contributed by atoms with Gasteiger partial charge < -0.3 is 5.32 Å². The summed E-state index contributed by atoms with van der Waals surface area (Å²) in [4.78, 5) is 37.9. The number of para-hydroxylation sites is 1. The fraction of sp³-hybridized carbons (Fsp3) is 0.105. The highest BCUT2D eigenvalue weighted by molar-refractivity contribution is 7.14. The average molecular weight is 377 g/mol. The van der Waals surface area contributed by atoms with Crippen LogP contribution in [0, 0.1) is 0 Å². The van der Waals surface area contributed by atoms with Crippen molar-refractivity contribution in [3.63, 3.8) is 0 Å². The lowest BCUT2D eigenvalue weighted by Gasteiger charge is -2.14. The molecule has 0 radical (unpaired) electrons. The summed E-state index contributed by atoms with van der Waals surface area (Å²) in [6, 6.07) is 10.0. The van der Waals surface area contributed by atoms with Gasteiger partial charge in [0.15, 0.2) is 5.13 Å². The van der Waals surface area contributed by atoms with Crippen LogP contribution in [0.2, 0.25) is 0 Å². The summed E-state index contributed by atoms with van der Waals surface area (Å²) >= 11 is 1.33. The smallest absolute Gasteiger partial charge is 0.261 e. The molecule has 1 aromatic carbocycles. The average Bonchev–Trinajstić information content (AvgIpc) is 3.17. The van der Waals surface area contributed by atoms with Gasteiger partial charge in [0.05, 0.1) is 22.9 Å². The molecule has 1 unspecified atom stereocenters. The minimum Gasteiger partial charge on any atom is -0.300 e. The Kier molecular flexibility index (Phi) is 4.47.